The van der Waals surface area contributed by atoms with Crippen LogP contribution >= 0.6 is 27.5 Å². The van der Waals surface area contributed by atoms with E-state index in [0.717, 1.165) is 10.0 Å². The van der Waals surface area contributed by atoms with E-state index in [4.69, 9.17) is 25.8 Å². The van der Waals surface area contributed by atoms with Gasteiger partial charge in [-0.25, -0.2) is 4.79 Å². The first-order chi connectivity index (χ1) is 11.5. The molecule has 0 spiro atoms. The molecule has 6 heteroatoms. The Morgan fingerprint density at radius 2 is 1.92 bits per heavy atom. The van der Waals surface area contributed by atoms with Gasteiger partial charge in [-0.1, -0.05) is 39.7 Å². The highest BCUT2D eigenvalue weighted by Crippen LogP contribution is 2.33. The van der Waals surface area contributed by atoms with Gasteiger partial charge < -0.3 is 14.2 Å². The molecule has 0 saturated heterocycles. The number of hydrogen-bond donors (Lipinski definition) is 0. The molecule has 0 aliphatic carbocycles. The van der Waals surface area contributed by atoms with Crippen LogP contribution in [0.15, 0.2) is 40.9 Å². The van der Waals surface area contributed by atoms with Gasteiger partial charge in [-0.05, 0) is 36.8 Å². The van der Waals surface area contributed by atoms with Crippen LogP contribution in [0.1, 0.15) is 11.1 Å². The molecule has 126 valence electrons. The molecule has 0 radical (unpaired) electrons. The molecule has 2 rings (SSSR count). The normalized spacial score (nSPS) is 10.7. The molecule has 0 aromatic heterocycles. The summed E-state index contributed by atoms with van der Waals surface area (Å²) in [6.45, 7) is 1.81. The maximum atomic E-state index is 12.1. The summed E-state index contributed by atoms with van der Waals surface area (Å²) in [4.78, 5) is 12.1. The number of methoxy groups -OCH3 is 2. The van der Waals surface area contributed by atoms with Crippen LogP contribution < -0.4 is 14.2 Å². The Balaban J connectivity index is 2.20. The van der Waals surface area contributed by atoms with E-state index in [1.54, 1.807) is 32.4 Å². The lowest BCUT2D eigenvalue weighted by Gasteiger charge is -2.10. The average molecular weight is 412 g/mol. The van der Waals surface area contributed by atoms with E-state index in [0.29, 0.717) is 27.8 Å². The first-order valence-electron chi connectivity index (χ1n) is 7.02. The standard InChI is InChI=1S/C18H16BrClO4/c1-11-9-13(19)10-14(20)17(11)24-16(21)8-7-12-5-4-6-15(22-2)18(12)23-3/h4-10H,1-3H3/b8-7+. The zero-order chi connectivity index (χ0) is 17.7. The van der Waals surface area contributed by atoms with Crippen LogP contribution in [-0.2, 0) is 4.79 Å². The van der Waals surface area contributed by atoms with Gasteiger partial charge in [0.15, 0.2) is 17.2 Å². The minimum Gasteiger partial charge on any atom is -0.493 e. The summed E-state index contributed by atoms with van der Waals surface area (Å²) in [6, 6.07) is 8.89. The molecule has 0 bridgehead atoms. The molecular formula is C18H16BrClO4. The summed E-state index contributed by atoms with van der Waals surface area (Å²) in [5.74, 6) is 0.932. The van der Waals surface area contributed by atoms with Crippen molar-refractivity contribution in [2.75, 3.05) is 14.2 Å². The molecule has 0 atom stereocenters. The molecule has 0 fully saturated rings. The van der Waals surface area contributed by atoms with E-state index in [1.165, 1.54) is 6.08 Å². The number of esters is 1. The number of carbonyl (C=O) groups is 1. The van der Waals surface area contributed by atoms with Gasteiger partial charge in [0.05, 0.1) is 19.2 Å². The molecule has 0 aliphatic heterocycles. The Bertz CT molecular complexity index is 764. The summed E-state index contributed by atoms with van der Waals surface area (Å²) in [5.41, 5.74) is 1.46. The predicted molar refractivity (Wildman–Crippen MR) is 98.1 cm³/mol. The number of rotatable bonds is 5. The fourth-order valence-corrected chi connectivity index (χ4v) is 3.16. The smallest absolute Gasteiger partial charge is 0.336 e. The molecule has 2 aromatic rings. The van der Waals surface area contributed by atoms with Crippen LogP contribution in [-0.4, -0.2) is 20.2 Å². The van der Waals surface area contributed by atoms with Gasteiger partial charge in [-0.15, -0.1) is 0 Å². The molecule has 0 saturated carbocycles. The van der Waals surface area contributed by atoms with Crippen molar-refractivity contribution in [3.05, 3.63) is 57.0 Å². The quantitative estimate of drug-likeness (QED) is 0.392. The molecule has 0 amide bonds. The maximum absolute atomic E-state index is 12.1. The van der Waals surface area contributed by atoms with Crippen LogP contribution in [0.4, 0.5) is 0 Å². The topological polar surface area (TPSA) is 44.8 Å². The van der Waals surface area contributed by atoms with E-state index >= 15 is 0 Å². The number of ether oxygens (including phenoxy) is 3. The number of benzene rings is 2. The first-order valence-corrected chi connectivity index (χ1v) is 8.20. The SMILES string of the molecule is COc1cccc(/C=C/C(=O)Oc2c(C)cc(Br)cc2Cl)c1OC. The summed E-state index contributed by atoms with van der Waals surface area (Å²) < 4.78 is 16.7. The van der Waals surface area contributed by atoms with Crippen LogP contribution in [0.3, 0.4) is 0 Å². The average Bonchev–Trinajstić information content (AvgIpc) is 2.55. The maximum Gasteiger partial charge on any atom is 0.336 e. The van der Waals surface area contributed by atoms with Gasteiger partial charge in [-0.2, -0.15) is 0 Å². The van der Waals surface area contributed by atoms with Crippen molar-refractivity contribution < 1.29 is 19.0 Å². The third-order valence-electron chi connectivity index (χ3n) is 3.23. The first kappa shape index (κ1) is 18.4. The van der Waals surface area contributed by atoms with E-state index < -0.39 is 5.97 Å². The number of hydrogen-bond acceptors (Lipinski definition) is 4. The molecular weight excluding hydrogens is 396 g/mol. The van der Waals surface area contributed by atoms with E-state index in [2.05, 4.69) is 15.9 Å². The molecule has 0 N–H and O–H groups in total. The Morgan fingerprint density at radius 1 is 1.17 bits per heavy atom. The second-order valence-corrected chi connectivity index (χ2v) is 6.19. The fraction of sp³-hybridized carbons (Fsp3) is 0.167. The molecule has 0 heterocycles. The molecule has 4 nitrogen and oxygen atoms in total. The number of para-hydroxylation sites is 1. The van der Waals surface area contributed by atoms with Crippen molar-refractivity contribution in [2.24, 2.45) is 0 Å². The Hall–Kier alpha value is -1.98. The minimum absolute atomic E-state index is 0.340. The Kier molecular flexibility index (Phi) is 6.29. The molecule has 0 aliphatic rings. The van der Waals surface area contributed by atoms with E-state index in [1.807, 2.05) is 25.1 Å². The summed E-state index contributed by atoms with van der Waals surface area (Å²) in [6.07, 6.45) is 2.92. The third-order valence-corrected chi connectivity index (χ3v) is 3.97. The van der Waals surface area contributed by atoms with Gasteiger partial charge in [0.1, 0.15) is 0 Å². The van der Waals surface area contributed by atoms with E-state index in [-0.39, 0.29) is 0 Å². The monoisotopic (exact) mass is 410 g/mol. The number of halogens is 2. The second kappa shape index (κ2) is 8.22. The van der Waals surface area contributed by atoms with Crippen molar-refractivity contribution in [3.63, 3.8) is 0 Å². The van der Waals surface area contributed by atoms with Crippen molar-refractivity contribution in [1.82, 2.24) is 0 Å². The lowest BCUT2D eigenvalue weighted by molar-refractivity contribution is -0.128. The highest BCUT2D eigenvalue weighted by Gasteiger charge is 2.11. The lowest BCUT2D eigenvalue weighted by Crippen LogP contribution is -2.05. The minimum atomic E-state index is -0.535. The largest absolute Gasteiger partial charge is 0.493 e. The van der Waals surface area contributed by atoms with Crippen LogP contribution in [0.5, 0.6) is 17.2 Å². The van der Waals surface area contributed by atoms with Gasteiger partial charge >= 0.3 is 5.97 Å². The Morgan fingerprint density at radius 3 is 2.54 bits per heavy atom. The zero-order valence-electron chi connectivity index (χ0n) is 13.4. The fourth-order valence-electron chi connectivity index (χ4n) is 2.15. The zero-order valence-corrected chi connectivity index (χ0v) is 15.8. The van der Waals surface area contributed by atoms with Crippen LogP contribution in [0, 0.1) is 6.92 Å². The molecule has 0 unspecified atom stereocenters. The third kappa shape index (κ3) is 4.30. The number of carbonyl (C=O) groups excluding carboxylic acids is 1. The summed E-state index contributed by atoms with van der Waals surface area (Å²) in [5, 5.41) is 0.364. The highest BCUT2D eigenvalue weighted by atomic mass is 79.9. The van der Waals surface area contributed by atoms with Crippen molar-refractivity contribution >= 4 is 39.6 Å². The number of aryl methyl sites for hydroxylation is 1. The molecule has 2 aromatic carbocycles. The van der Waals surface area contributed by atoms with Crippen molar-refractivity contribution in [1.29, 1.82) is 0 Å². The van der Waals surface area contributed by atoms with Gasteiger partial charge in [-0.3, -0.25) is 0 Å². The van der Waals surface area contributed by atoms with Crippen molar-refractivity contribution in [2.45, 2.75) is 6.92 Å². The lowest BCUT2D eigenvalue weighted by atomic mass is 10.1. The van der Waals surface area contributed by atoms with Crippen molar-refractivity contribution in [3.8, 4) is 17.2 Å². The molecule has 24 heavy (non-hydrogen) atoms. The predicted octanol–water partition coefficient (Wildman–Crippen LogP) is 5.05. The Labute approximate surface area is 154 Å². The second-order valence-electron chi connectivity index (χ2n) is 4.87. The van der Waals surface area contributed by atoms with Gasteiger partial charge in [0, 0.05) is 16.1 Å². The summed E-state index contributed by atoms with van der Waals surface area (Å²) >= 11 is 9.45. The van der Waals surface area contributed by atoms with Gasteiger partial charge in [0.2, 0.25) is 0 Å². The van der Waals surface area contributed by atoms with Gasteiger partial charge in [0.25, 0.3) is 0 Å². The van der Waals surface area contributed by atoms with E-state index in [9.17, 15) is 4.79 Å². The van der Waals surface area contributed by atoms with Crippen LogP contribution in [0.2, 0.25) is 5.02 Å². The van der Waals surface area contributed by atoms with Crippen LogP contribution in [0.25, 0.3) is 6.08 Å². The highest BCUT2D eigenvalue weighted by molar-refractivity contribution is 9.10. The summed E-state index contributed by atoms with van der Waals surface area (Å²) in [7, 11) is 3.09.